The highest BCUT2D eigenvalue weighted by atomic mass is 32.2. The first kappa shape index (κ1) is 17.1. The minimum atomic E-state index is -0.921. The van der Waals surface area contributed by atoms with Crippen molar-refractivity contribution in [3.63, 3.8) is 0 Å². The summed E-state index contributed by atoms with van der Waals surface area (Å²) in [6.45, 7) is 1.68. The zero-order valence-corrected chi connectivity index (χ0v) is 12.3. The smallest absolute Gasteiger partial charge is 0.317 e. The number of urea groups is 1. The maximum absolute atomic E-state index is 11.7. The maximum atomic E-state index is 11.7. The molecule has 3 amide bonds. The molecule has 20 heavy (non-hydrogen) atoms. The fourth-order valence-corrected chi connectivity index (χ4v) is 2.61. The van der Waals surface area contributed by atoms with E-state index in [2.05, 4.69) is 10.6 Å². The van der Waals surface area contributed by atoms with E-state index in [0.717, 1.165) is 24.6 Å². The van der Waals surface area contributed by atoms with Gasteiger partial charge in [0.15, 0.2) is 0 Å². The third kappa shape index (κ3) is 6.97. The van der Waals surface area contributed by atoms with Crippen LogP contribution >= 0.6 is 11.8 Å². The van der Waals surface area contributed by atoms with Crippen molar-refractivity contribution in [3.8, 4) is 0 Å². The van der Waals surface area contributed by atoms with E-state index in [9.17, 15) is 9.59 Å². The first-order valence-corrected chi connectivity index (χ1v) is 7.95. The van der Waals surface area contributed by atoms with Crippen LogP contribution < -0.4 is 10.6 Å². The average molecular weight is 305 g/mol. The molecule has 4 N–H and O–H groups in total. The van der Waals surface area contributed by atoms with Crippen molar-refractivity contribution in [1.82, 2.24) is 15.5 Å². The van der Waals surface area contributed by atoms with Gasteiger partial charge >= 0.3 is 6.03 Å². The van der Waals surface area contributed by atoms with Crippen molar-refractivity contribution in [1.29, 1.82) is 0 Å². The Morgan fingerprint density at radius 3 is 2.60 bits per heavy atom. The lowest BCUT2D eigenvalue weighted by Gasteiger charge is -2.26. The molecule has 0 aromatic heterocycles. The third-order valence-corrected chi connectivity index (χ3v) is 3.84. The van der Waals surface area contributed by atoms with Gasteiger partial charge in [0.25, 0.3) is 0 Å². The fourth-order valence-electron chi connectivity index (χ4n) is 1.71. The molecule has 0 saturated carbocycles. The van der Waals surface area contributed by atoms with Crippen LogP contribution in [0.25, 0.3) is 0 Å². The van der Waals surface area contributed by atoms with Gasteiger partial charge in [0.1, 0.15) is 0 Å². The van der Waals surface area contributed by atoms with Crippen LogP contribution in [0.1, 0.15) is 12.8 Å². The first-order valence-electron chi connectivity index (χ1n) is 6.79. The molecule has 0 radical (unpaired) electrons. The van der Waals surface area contributed by atoms with E-state index in [-0.39, 0.29) is 31.5 Å². The van der Waals surface area contributed by atoms with E-state index in [1.807, 2.05) is 11.8 Å². The Hall–Kier alpha value is -0.990. The Labute approximate surface area is 123 Å². The molecule has 0 aromatic rings. The van der Waals surface area contributed by atoms with Gasteiger partial charge in [0.05, 0.1) is 12.7 Å². The Morgan fingerprint density at radius 1 is 1.25 bits per heavy atom. The van der Waals surface area contributed by atoms with Crippen molar-refractivity contribution in [3.05, 3.63) is 0 Å². The Balaban J connectivity index is 2.03. The molecule has 1 unspecified atom stereocenters. The molecule has 8 heteroatoms. The largest absolute Gasteiger partial charge is 0.394 e. The van der Waals surface area contributed by atoms with Gasteiger partial charge in [-0.15, -0.1) is 0 Å². The highest BCUT2D eigenvalue weighted by Gasteiger charge is 2.15. The number of amides is 3. The van der Waals surface area contributed by atoms with Crippen LogP contribution in [0.2, 0.25) is 0 Å². The quantitative estimate of drug-likeness (QED) is 0.452. The normalized spacial score (nSPS) is 16.6. The first-order chi connectivity index (χ1) is 9.63. The second kappa shape index (κ2) is 9.84. The van der Waals surface area contributed by atoms with Gasteiger partial charge in [0, 0.05) is 44.1 Å². The van der Waals surface area contributed by atoms with Gasteiger partial charge in [-0.3, -0.25) is 4.79 Å². The summed E-state index contributed by atoms with van der Waals surface area (Å²) in [4.78, 5) is 24.9. The van der Waals surface area contributed by atoms with Crippen LogP contribution in [0.3, 0.4) is 0 Å². The van der Waals surface area contributed by atoms with Gasteiger partial charge < -0.3 is 25.7 Å². The molecule has 1 fully saturated rings. The van der Waals surface area contributed by atoms with Crippen LogP contribution in [0.5, 0.6) is 0 Å². The van der Waals surface area contributed by atoms with Crippen molar-refractivity contribution in [2.75, 3.05) is 44.3 Å². The number of aliphatic hydroxyl groups is 2. The molecule has 1 saturated heterocycles. The van der Waals surface area contributed by atoms with Crippen LogP contribution in [-0.2, 0) is 4.79 Å². The number of carbonyl (C=O) groups excluding carboxylic acids is 2. The molecule has 0 spiro atoms. The maximum Gasteiger partial charge on any atom is 0.317 e. The zero-order chi connectivity index (χ0) is 14.8. The molecule has 1 rings (SSSR count). The van der Waals surface area contributed by atoms with Crippen LogP contribution in [-0.4, -0.2) is 77.4 Å². The summed E-state index contributed by atoms with van der Waals surface area (Å²) in [5.74, 6) is 1.76. The molecular weight excluding hydrogens is 282 g/mol. The standard InChI is InChI=1S/C12H23N3O4S/c16-9-10(17)8-14-11(18)2-1-3-13-12(19)15-4-6-20-7-5-15/h10,16-17H,1-9H2,(H,13,19)(H,14,18). The molecular formula is C12H23N3O4S. The summed E-state index contributed by atoms with van der Waals surface area (Å²) in [6.07, 6.45) is -0.0838. The molecule has 0 aliphatic carbocycles. The van der Waals surface area contributed by atoms with Crippen LogP contribution in [0.15, 0.2) is 0 Å². The summed E-state index contributed by atoms with van der Waals surface area (Å²) in [5, 5.41) is 23.0. The second-order valence-electron chi connectivity index (χ2n) is 4.58. The molecule has 7 nitrogen and oxygen atoms in total. The van der Waals surface area contributed by atoms with Gasteiger partial charge in [-0.1, -0.05) is 0 Å². The second-order valence-corrected chi connectivity index (χ2v) is 5.80. The number of carbonyl (C=O) groups is 2. The van der Waals surface area contributed by atoms with E-state index < -0.39 is 6.10 Å². The Kier molecular flexibility index (Phi) is 8.40. The van der Waals surface area contributed by atoms with Crippen molar-refractivity contribution < 1.29 is 19.8 Å². The number of nitrogens with one attached hydrogen (secondary N) is 2. The molecule has 1 aliphatic heterocycles. The summed E-state index contributed by atoms with van der Waals surface area (Å²) in [7, 11) is 0. The number of nitrogens with zero attached hydrogens (tertiary/aromatic N) is 1. The van der Waals surface area contributed by atoms with Crippen LogP contribution in [0.4, 0.5) is 4.79 Å². The highest BCUT2D eigenvalue weighted by molar-refractivity contribution is 7.99. The average Bonchev–Trinajstić information content (AvgIpc) is 2.49. The van der Waals surface area contributed by atoms with Gasteiger partial charge in [-0.05, 0) is 6.42 Å². The van der Waals surface area contributed by atoms with Gasteiger partial charge in [-0.2, -0.15) is 11.8 Å². The molecule has 0 bridgehead atoms. The highest BCUT2D eigenvalue weighted by Crippen LogP contribution is 2.08. The van der Waals surface area contributed by atoms with E-state index >= 15 is 0 Å². The lowest BCUT2D eigenvalue weighted by atomic mass is 10.3. The summed E-state index contributed by atoms with van der Waals surface area (Å²) >= 11 is 1.85. The molecule has 116 valence electrons. The number of thioether (sulfide) groups is 1. The number of hydrogen-bond donors (Lipinski definition) is 4. The van der Waals surface area contributed by atoms with E-state index in [0.29, 0.717) is 13.0 Å². The minimum Gasteiger partial charge on any atom is -0.394 e. The topological polar surface area (TPSA) is 102 Å². The molecule has 1 heterocycles. The lowest BCUT2D eigenvalue weighted by molar-refractivity contribution is -0.121. The van der Waals surface area contributed by atoms with E-state index in [4.69, 9.17) is 10.2 Å². The Morgan fingerprint density at radius 2 is 1.95 bits per heavy atom. The number of rotatable bonds is 7. The molecule has 1 atom stereocenters. The SMILES string of the molecule is O=C(CCCNC(=O)N1CCSCC1)NCC(O)CO. The Bertz CT molecular complexity index is 311. The minimum absolute atomic E-state index is 0.0487. The summed E-state index contributed by atoms with van der Waals surface area (Å²) in [5.41, 5.74) is 0. The number of hydrogen-bond acceptors (Lipinski definition) is 5. The predicted octanol–water partition coefficient (Wildman–Crippen LogP) is -1.01. The monoisotopic (exact) mass is 305 g/mol. The van der Waals surface area contributed by atoms with Crippen LogP contribution in [0, 0.1) is 0 Å². The predicted molar refractivity (Wildman–Crippen MR) is 77.6 cm³/mol. The van der Waals surface area contributed by atoms with Crippen molar-refractivity contribution in [2.45, 2.75) is 18.9 Å². The summed E-state index contributed by atoms with van der Waals surface area (Å²) < 4.78 is 0. The summed E-state index contributed by atoms with van der Waals surface area (Å²) in [6, 6.07) is -0.0681. The van der Waals surface area contributed by atoms with Crippen molar-refractivity contribution in [2.24, 2.45) is 0 Å². The number of aliphatic hydroxyl groups excluding tert-OH is 2. The third-order valence-electron chi connectivity index (χ3n) is 2.90. The van der Waals surface area contributed by atoms with Gasteiger partial charge in [0.2, 0.25) is 5.91 Å². The lowest BCUT2D eigenvalue weighted by Crippen LogP contribution is -2.44. The molecule has 1 aliphatic rings. The van der Waals surface area contributed by atoms with Gasteiger partial charge in [-0.25, -0.2) is 4.79 Å². The zero-order valence-electron chi connectivity index (χ0n) is 11.5. The fraction of sp³-hybridized carbons (Fsp3) is 0.833. The molecule has 0 aromatic carbocycles. The van der Waals surface area contributed by atoms with E-state index in [1.54, 1.807) is 4.90 Å². The van der Waals surface area contributed by atoms with E-state index in [1.165, 1.54) is 0 Å². The van der Waals surface area contributed by atoms with Crippen molar-refractivity contribution >= 4 is 23.7 Å².